The van der Waals surface area contributed by atoms with Crippen molar-refractivity contribution in [1.29, 1.82) is 0 Å². The molecular weight excluding hydrogens is 296 g/mol. The molecule has 106 valence electrons. The van der Waals surface area contributed by atoms with Crippen molar-refractivity contribution in [2.75, 3.05) is 27.4 Å². The summed E-state index contributed by atoms with van der Waals surface area (Å²) < 4.78 is 41.9. The summed E-state index contributed by atoms with van der Waals surface area (Å²) in [4.78, 5) is 11.7. The van der Waals surface area contributed by atoms with Crippen molar-refractivity contribution in [2.45, 2.75) is 0 Å². The lowest BCUT2D eigenvalue weighted by Crippen LogP contribution is -2.22. The fraction of sp³-hybridized carbons (Fsp3) is 0.444. The lowest BCUT2D eigenvalue weighted by atomic mass is 10.8. The molecule has 0 saturated carbocycles. The van der Waals surface area contributed by atoms with Crippen molar-refractivity contribution in [1.82, 2.24) is 5.09 Å². The monoisotopic (exact) mass is 309 g/mol. The first-order chi connectivity index (χ1) is 8.87. The highest BCUT2D eigenvalue weighted by atomic mass is 31.2. The predicted molar refractivity (Wildman–Crippen MR) is 67.3 cm³/mol. The van der Waals surface area contributed by atoms with Crippen LogP contribution in [-0.4, -0.2) is 33.1 Å². The van der Waals surface area contributed by atoms with Crippen LogP contribution < -0.4 is 5.09 Å². The van der Waals surface area contributed by atoms with Crippen LogP contribution in [0.15, 0.2) is 0 Å². The average Bonchev–Trinajstić information content (AvgIpc) is 2.42. The number of nitrogens with one attached hydrogen (secondary N) is 1. The third-order valence-electron chi connectivity index (χ3n) is 1.60. The van der Waals surface area contributed by atoms with E-state index in [4.69, 9.17) is 12.8 Å². The molecule has 0 aromatic heterocycles. The lowest BCUT2D eigenvalue weighted by Gasteiger charge is -2.18. The van der Waals surface area contributed by atoms with E-state index in [0.717, 1.165) is 14.2 Å². The Bertz CT molecular complexity index is 460. The Labute approximate surface area is 111 Å². The van der Waals surface area contributed by atoms with Crippen molar-refractivity contribution in [2.24, 2.45) is 0 Å². The van der Waals surface area contributed by atoms with Crippen LogP contribution in [-0.2, 0) is 27.2 Å². The third kappa shape index (κ3) is 5.59. The van der Waals surface area contributed by atoms with Gasteiger partial charge in [0.1, 0.15) is 13.2 Å². The van der Waals surface area contributed by atoms with Gasteiger partial charge >= 0.3 is 21.0 Å². The van der Waals surface area contributed by atoms with Crippen molar-refractivity contribution < 1.29 is 32.0 Å². The maximum absolute atomic E-state index is 12.1. The standard InChI is InChI=1S/C9H13NO7P2/c1-5-7-16-18(12,17-8-6-2)9(11)10-19(13,14-3)15-4/h1-2H,7-8H2,3-4H3,(H,10,11,13). The molecule has 0 aromatic carbocycles. The van der Waals surface area contributed by atoms with Gasteiger partial charge in [0.25, 0.3) is 0 Å². The molecule has 0 aliphatic carbocycles. The summed E-state index contributed by atoms with van der Waals surface area (Å²) in [6.07, 6.45) is 9.83. The largest absolute Gasteiger partial charge is 0.434 e. The van der Waals surface area contributed by atoms with Gasteiger partial charge in [0.15, 0.2) is 0 Å². The number of hydrogen-bond donors (Lipinski definition) is 1. The van der Waals surface area contributed by atoms with Crippen molar-refractivity contribution in [3.05, 3.63) is 0 Å². The van der Waals surface area contributed by atoms with Gasteiger partial charge in [-0.2, -0.15) is 0 Å². The first kappa shape index (κ1) is 17.9. The number of amides is 1. The van der Waals surface area contributed by atoms with Crippen LogP contribution in [0.4, 0.5) is 4.79 Å². The summed E-state index contributed by atoms with van der Waals surface area (Å²) in [7, 11) is -6.21. The number of terminal acetylenes is 2. The molecule has 10 heteroatoms. The van der Waals surface area contributed by atoms with Crippen LogP contribution in [0.5, 0.6) is 0 Å². The van der Waals surface area contributed by atoms with Crippen LogP contribution in [0, 0.1) is 24.7 Å². The van der Waals surface area contributed by atoms with Crippen molar-refractivity contribution >= 4 is 21.0 Å². The van der Waals surface area contributed by atoms with Gasteiger partial charge in [-0.15, -0.1) is 12.8 Å². The Balaban J connectivity index is 5.02. The zero-order valence-electron chi connectivity index (χ0n) is 10.3. The molecule has 0 atom stereocenters. The molecule has 19 heavy (non-hydrogen) atoms. The second-order valence-electron chi connectivity index (χ2n) is 2.73. The van der Waals surface area contributed by atoms with Gasteiger partial charge in [0.2, 0.25) is 0 Å². The molecule has 0 aromatic rings. The quantitative estimate of drug-likeness (QED) is 0.536. The first-order valence-corrected chi connectivity index (χ1v) is 7.76. The van der Waals surface area contributed by atoms with Gasteiger partial charge in [0, 0.05) is 14.2 Å². The SMILES string of the molecule is C#CCOP(=O)(OCC#C)C(=O)NP(=O)(OC)OC. The van der Waals surface area contributed by atoms with E-state index in [2.05, 4.69) is 18.1 Å². The minimum absolute atomic E-state index is 0.459. The summed E-state index contributed by atoms with van der Waals surface area (Å²) in [6, 6.07) is 0. The molecule has 1 amide bonds. The smallest absolute Gasteiger partial charge is 0.296 e. The maximum atomic E-state index is 12.1. The predicted octanol–water partition coefficient (Wildman–Crippen LogP) is 1.59. The van der Waals surface area contributed by atoms with Crippen LogP contribution in [0.1, 0.15) is 0 Å². The summed E-state index contributed by atoms with van der Waals surface area (Å²) in [5.41, 5.74) is -1.33. The number of carbonyl (C=O) groups excluding carboxylic acids is 1. The Morgan fingerprint density at radius 3 is 1.84 bits per heavy atom. The van der Waals surface area contributed by atoms with E-state index in [-0.39, 0.29) is 0 Å². The minimum Gasteiger partial charge on any atom is -0.296 e. The molecule has 0 radical (unpaired) electrons. The number of carbonyl (C=O) groups is 1. The summed E-state index contributed by atoms with van der Waals surface area (Å²) in [6.45, 7) is -0.918. The minimum atomic E-state index is -4.33. The Morgan fingerprint density at radius 2 is 1.53 bits per heavy atom. The van der Waals surface area contributed by atoms with Gasteiger partial charge < -0.3 is 0 Å². The van der Waals surface area contributed by atoms with Gasteiger partial charge in [-0.25, -0.2) is 9.13 Å². The maximum Gasteiger partial charge on any atom is 0.434 e. The third-order valence-corrected chi connectivity index (χ3v) is 4.76. The molecule has 0 heterocycles. The van der Waals surface area contributed by atoms with E-state index >= 15 is 0 Å². The van der Waals surface area contributed by atoms with E-state index in [9.17, 15) is 13.9 Å². The summed E-state index contributed by atoms with van der Waals surface area (Å²) in [5.74, 6) is 4.02. The van der Waals surface area contributed by atoms with Crippen molar-refractivity contribution in [3.8, 4) is 24.7 Å². The van der Waals surface area contributed by atoms with E-state index in [1.165, 1.54) is 0 Å². The fourth-order valence-corrected chi connectivity index (χ4v) is 2.96. The van der Waals surface area contributed by atoms with Crippen LogP contribution >= 0.6 is 15.3 Å². The van der Waals surface area contributed by atoms with E-state index < -0.39 is 34.2 Å². The molecular formula is C9H13NO7P2. The molecule has 0 aliphatic rings. The molecule has 0 bridgehead atoms. The van der Waals surface area contributed by atoms with Gasteiger partial charge in [0.05, 0.1) is 0 Å². The summed E-state index contributed by atoms with van der Waals surface area (Å²) >= 11 is 0. The molecule has 0 fully saturated rings. The lowest BCUT2D eigenvalue weighted by molar-refractivity contribution is 0.217. The zero-order chi connectivity index (χ0) is 14.9. The van der Waals surface area contributed by atoms with Crippen LogP contribution in [0.2, 0.25) is 0 Å². The average molecular weight is 309 g/mol. The Hall–Kier alpha value is -1.11. The molecule has 0 spiro atoms. The molecule has 0 unspecified atom stereocenters. The highest BCUT2D eigenvalue weighted by molar-refractivity contribution is 7.73. The highest BCUT2D eigenvalue weighted by Crippen LogP contribution is 2.53. The number of hydrogen-bond acceptors (Lipinski definition) is 7. The molecule has 0 saturated heterocycles. The highest BCUT2D eigenvalue weighted by Gasteiger charge is 2.40. The number of rotatable bonds is 8. The normalized spacial score (nSPS) is 11.4. The van der Waals surface area contributed by atoms with Crippen molar-refractivity contribution in [3.63, 3.8) is 0 Å². The topological polar surface area (TPSA) is 100 Å². The second kappa shape index (κ2) is 8.14. The summed E-state index contributed by atoms with van der Waals surface area (Å²) in [5, 5.41) is 1.77. The van der Waals surface area contributed by atoms with Crippen LogP contribution in [0.25, 0.3) is 0 Å². The molecule has 0 rings (SSSR count). The second-order valence-corrected chi connectivity index (χ2v) is 6.60. The van der Waals surface area contributed by atoms with E-state index in [0.29, 0.717) is 0 Å². The molecule has 8 nitrogen and oxygen atoms in total. The van der Waals surface area contributed by atoms with Gasteiger partial charge in [-0.1, -0.05) is 11.8 Å². The Morgan fingerprint density at radius 1 is 1.11 bits per heavy atom. The van der Waals surface area contributed by atoms with E-state index in [1.54, 1.807) is 5.09 Å². The zero-order valence-corrected chi connectivity index (χ0v) is 12.1. The molecule has 1 N–H and O–H groups in total. The van der Waals surface area contributed by atoms with Gasteiger partial charge in [-0.3, -0.25) is 28.0 Å². The Kier molecular flexibility index (Phi) is 7.66. The first-order valence-electron chi connectivity index (χ1n) is 4.68. The fourth-order valence-electron chi connectivity index (χ4n) is 0.743. The molecule has 0 aliphatic heterocycles. The van der Waals surface area contributed by atoms with Gasteiger partial charge in [-0.05, 0) is 0 Å². The van der Waals surface area contributed by atoms with Crippen LogP contribution in [0.3, 0.4) is 0 Å². The van der Waals surface area contributed by atoms with E-state index in [1.807, 2.05) is 11.8 Å².